The van der Waals surface area contributed by atoms with Crippen LogP contribution in [0, 0.1) is 11.6 Å². The first-order chi connectivity index (χ1) is 11.1. The van der Waals surface area contributed by atoms with Crippen LogP contribution in [0.3, 0.4) is 0 Å². The molecule has 0 saturated carbocycles. The van der Waals surface area contributed by atoms with Gasteiger partial charge in [0.2, 0.25) is 5.82 Å². The van der Waals surface area contributed by atoms with Crippen molar-refractivity contribution in [3.05, 3.63) is 73.3 Å². The molecule has 0 fully saturated rings. The number of hydrogen-bond acceptors (Lipinski definition) is 3. The summed E-state index contributed by atoms with van der Waals surface area (Å²) in [7, 11) is 0. The summed E-state index contributed by atoms with van der Waals surface area (Å²) in [4.78, 5) is 11.1. The summed E-state index contributed by atoms with van der Waals surface area (Å²) >= 11 is 0. The molecular formula is C18H14F2O3. The van der Waals surface area contributed by atoms with E-state index >= 15 is 0 Å². The standard InChI is InChI=1S/C18H14F2O3/c1-3-11-22-13-7-5-12(6-8-13)14-9-10-15(18(20)17(14)19)23-16(21)4-2/h3-10H,1-2,11H2. The Morgan fingerprint density at radius 3 is 2.35 bits per heavy atom. The molecule has 0 aliphatic carbocycles. The summed E-state index contributed by atoms with van der Waals surface area (Å²) in [5, 5.41) is 0. The number of benzene rings is 2. The van der Waals surface area contributed by atoms with Crippen LogP contribution in [0.4, 0.5) is 8.78 Å². The molecule has 2 rings (SSSR count). The van der Waals surface area contributed by atoms with Gasteiger partial charge in [-0.15, -0.1) is 0 Å². The van der Waals surface area contributed by atoms with Gasteiger partial charge in [0.25, 0.3) is 0 Å². The largest absolute Gasteiger partial charge is 0.490 e. The van der Waals surface area contributed by atoms with Crippen molar-refractivity contribution in [1.82, 2.24) is 0 Å². The molecular weight excluding hydrogens is 302 g/mol. The van der Waals surface area contributed by atoms with Gasteiger partial charge in [-0.2, -0.15) is 4.39 Å². The summed E-state index contributed by atoms with van der Waals surface area (Å²) in [6.45, 7) is 7.09. The number of carbonyl (C=O) groups is 1. The Morgan fingerprint density at radius 1 is 1.04 bits per heavy atom. The number of carbonyl (C=O) groups excluding carboxylic acids is 1. The average molecular weight is 316 g/mol. The number of hydrogen-bond donors (Lipinski definition) is 0. The molecule has 0 spiro atoms. The lowest BCUT2D eigenvalue weighted by Crippen LogP contribution is -2.06. The number of esters is 1. The molecule has 118 valence electrons. The summed E-state index contributed by atoms with van der Waals surface area (Å²) < 4.78 is 38.1. The maximum Gasteiger partial charge on any atom is 0.335 e. The predicted octanol–water partition coefficient (Wildman–Crippen LogP) is 4.29. The summed E-state index contributed by atoms with van der Waals surface area (Å²) in [6.07, 6.45) is 2.47. The van der Waals surface area contributed by atoms with Gasteiger partial charge < -0.3 is 9.47 Å². The lowest BCUT2D eigenvalue weighted by molar-refractivity contribution is -0.129. The second-order valence-corrected chi connectivity index (χ2v) is 4.49. The third-order valence-electron chi connectivity index (χ3n) is 2.96. The highest BCUT2D eigenvalue weighted by atomic mass is 19.2. The van der Waals surface area contributed by atoms with Crippen molar-refractivity contribution >= 4 is 5.97 Å². The molecule has 0 bridgehead atoms. The van der Waals surface area contributed by atoms with E-state index in [1.54, 1.807) is 30.3 Å². The molecule has 23 heavy (non-hydrogen) atoms. The van der Waals surface area contributed by atoms with Crippen LogP contribution in [-0.4, -0.2) is 12.6 Å². The Balaban J connectivity index is 2.29. The van der Waals surface area contributed by atoms with Gasteiger partial charge in [0.15, 0.2) is 11.6 Å². The van der Waals surface area contributed by atoms with Crippen molar-refractivity contribution < 1.29 is 23.0 Å². The lowest BCUT2D eigenvalue weighted by atomic mass is 10.0. The van der Waals surface area contributed by atoms with E-state index in [4.69, 9.17) is 4.74 Å². The van der Waals surface area contributed by atoms with Crippen LogP contribution in [0.1, 0.15) is 0 Å². The van der Waals surface area contributed by atoms with E-state index in [1.807, 2.05) is 0 Å². The Labute approximate surface area is 132 Å². The zero-order valence-electron chi connectivity index (χ0n) is 12.2. The van der Waals surface area contributed by atoms with E-state index in [9.17, 15) is 13.6 Å². The zero-order valence-corrected chi connectivity index (χ0v) is 12.2. The molecule has 0 N–H and O–H groups in total. The maximum atomic E-state index is 14.2. The first kappa shape index (κ1) is 16.4. The highest BCUT2D eigenvalue weighted by Gasteiger charge is 2.17. The third-order valence-corrected chi connectivity index (χ3v) is 2.96. The molecule has 3 nitrogen and oxygen atoms in total. The molecule has 0 saturated heterocycles. The van der Waals surface area contributed by atoms with Gasteiger partial charge in [0.1, 0.15) is 12.4 Å². The summed E-state index contributed by atoms with van der Waals surface area (Å²) in [5.41, 5.74) is 0.519. The van der Waals surface area contributed by atoms with Crippen LogP contribution in [0.2, 0.25) is 0 Å². The second-order valence-electron chi connectivity index (χ2n) is 4.49. The number of rotatable bonds is 6. The molecule has 0 radical (unpaired) electrons. The number of halogens is 2. The molecule has 2 aromatic carbocycles. The summed E-state index contributed by atoms with van der Waals surface area (Å²) in [5.74, 6) is -3.09. The molecule has 0 aliphatic rings. The van der Waals surface area contributed by atoms with Crippen molar-refractivity contribution in [2.75, 3.05) is 6.61 Å². The fraction of sp³-hybridized carbons (Fsp3) is 0.0556. The summed E-state index contributed by atoms with van der Waals surface area (Å²) in [6, 6.07) is 9.02. The Hall–Kier alpha value is -2.95. The second kappa shape index (κ2) is 7.35. The van der Waals surface area contributed by atoms with Gasteiger partial charge in [0, 0.05) is 11.6 Å². The Morgan fingerprint density at radius 2 is 1.74 bits per heavy atom. The number of ether oxygens (including phenoxy) is 2. The van der Waals surface area contributed by atoms with E-state index in [2.05, 4.69) is 17.9 Å². The van der Waals surface area contributed by atoms with Crippen molar-refractivity contribution in [3.63, 3.8) is 0 Å². The van der Waals surface area contributed by atoms with Gasteiger partial charge in [-0.3, -0.25) is 0 Å². The predicted molar refractivity (Wildman–Crippen MR) is 83.3 cm³/mol. The first-order valence-electron chi connectivity index (χ1n) is 6.73. The Bertz CT molecular complexity index is 737. The van der Waals surface area contributed by atoms with Crippen molar-refractivity contribution in [1.29, 1.82) is 0 Å². The average Bonchev–Trinajstić information content (AvgIpc) is 2.58. The molecule has 0 amide bonds. The highest BCUT2D eigenvalue weighted by molar-refractivity contribution is 5.83. The molecule has 5 heteroatoms. The molecule has 0 unspecified atom stereocenters. The minimum atomic E-state index is -1.23. The van der Waals surface area contributed by atoms with Crippen LogP contribution in [-0.2, 0) is 4.79 Å². The lowest BCUT2D eigenvalue weighted by Gasteiger charge is -2.09. The molecule has 0 atom stereocenters. The van der Waals surface area contributed by atoms with Crippen LogP contribution in [0.25, 0.3) is 11.1 Å². The molecule has 0 aromatic heterocycles. The SMILES string of the molecule is C=CCOc1ccc(-c2ccc(OC(=O)C=C)c(F)c2F)cc1. The van der Waals surface area contributed by atoms with E-state index < -0.39 is 23.4 Å². The highest BCUT2D eigenvalue weighted by Crippen LogP contribution is 2.30. The van der Waals surface area contributed by atoms with Crippen LogP contribution in [0.5, 0.6) is 11.5 Å². The quantitative estimate of drug-likeness (QED) is 0.345. The van der Waals surface area contributed by atoms with Gasteiger partial charge in [-0.1, -0.05) is 31.4 Å². The molecule has 2 aromatic rings. The normalized spacial score (nSPS) is 10.0. The van der Waals surface area contributed by atoms with Gasteiger partial charge >= 0.3 is 5.97 Å². The van der Waals surface area contributed by atoms with E-state index in [-0.39, 0.29) is 5.56 Å². The minimum absolute atomic E-state index is 0.0520. The van der Waals surface area contributed by atoms with Crippen LogP contribution < -0.4 is 9.47 Å². The van der Waals surface area contributed by atoms with Crippen LogP contribution in [0.15, 0.2) is 61.7 Å². The van der Waals surface area contributed by atoms with Gasteiger partial charge in [-0.05, 0) is 29.8 Å². The van der Waals surface area contributed by atoms with Gasteiger partial charge in [0.05, 0.1) is 0 Å². The van der Waals surface area contributed by atoms with E-state index in [0.29, 0.717) is 17.9 Å². The van der Waals surface area contributed by atoms with Gasteiger partial charge in [-0.25, -0.2) is 9.18 Å². The Kier molecular flexibility index (Phi) is 5.25. The van der Waals surface area contributed by atoms with Crippen molar-refractivity contribution in [2.45, 2.75) is 0 Å². The monoisotopic (exact) mass is 316 g/mol. The molecule has 0 aliphatic heterocycles. The van der Waals surface area contributed by atoms with E-state index in [1.165, 1.54) is 12.1 Å². The first-order valence-corrected chi connectivity index (χ1v) is 6.73. The minimum Gasteiger partial charge on any atom is -0.490 e. The third kappa shape index (κ3) is 3.83. The fourth-order valence-electron chi connectivity index (χ4n) is 1.87. The fourth-order valence-corrected chi connectivity index (χ4v) is 1.87. The molecule has 0 heterocycles. The zero-order chi connectivity index (χ0) is 16.8. The van der Waals surface area contributed by atoms with Crippen LogP contribution >= 0.6 is 0 Å². The maximum absolute atomic E-state index is 14.2. The van der Waals surface area contributed by atoms with E-state index in [0.717, 1.165) is 6.08 Å². The van der Waals surface area contributed by atoms with Crippen molar-refractivity contribution in [2.24, 2.45) is 0 Å². The topological polar surface area (TPSA) is 35.5 Å². The van der Waals surface area contributed by atoms with Crippen molar-refractivity contribution in [3.8, 4) is 22.6 Å². The smallest absolute Gasteiger partial charge is 0.335 e.